The summed E-state index contributed by atoms with van der Waals surface area (Å²) in [6.45, 7) is 0. The van der Waals surface area contributed by atoms with E-state index in [2.05, 4.69) is 6.07 Å². The molecule has 1 aromatic heterocycles. The third kappa shape index (κ3) is 1.38. The molecule has 1 atom stereocenters. The molecule has 3 heteroatoms. The largest absolute Gasteiger partial charge is 0.464 e. The minimum atomic E-state index is -0.382. The Morgan fingerprint density at radius 3 is 2.76 bits per heavy atom. The van der Waals surface area contributed by atoms with E-state index in [9.17, 15) is 5.26 Å². The first-order valence-corrected chi connectivity index (χ1v) is 5.90. The Morgan fingerprint density at radius 2 is 2.12 bits per heavy atom. The van der Waals surface area contributed by atoms with Crippen molar-refractivity contribution in [2.45, 2.75) is 25.3 Å². The number of nitrogens with two attached hydrogens (primary N) is 1. The first-order chi connectivity index (χ1) is 8.27. The molecule has 0 amide bonds. The summed E-state index contributed by atoms with van der Waals surface area (Å²) in [5.41, 5.74) is 7.69. The molecule has 2 aromatic rings. The lowest BCUT2D eigenvalue weighted by atomic mass is 9.64. The predicted octanol–water partition coefficient (Wildman–Crippen LogP) is 3.13. The van der Waals surface area contributed by atoms with Gasteiger partial charge in [0, 0.05) is 10.9 Å². The molecule has 2 N–H and O–H groups in total. The van der Waals surface area contributed by atoms with Crippen LogP contribution >= 0.6 is 0 Å². The molecule has 1 heterocycles. The lowest BCUT2D eigenvalue weighted by Crippen LogP contribution is -2.39. The molecule has 1 unspecified atom stereocenters. The molecule has 0 bridgehead atoms. The highest BCUT2D eigenvalue weighted by Crippen LogP contribution is 2.49. The molecule has 1 aliphatic carbocycles. The van der Waals surface area contributed by atoms with Gasteiger partial charge in [0.25, 0.3) is 0 Å². The highest BCUT2D eigenvalue weighted by Gasteiger charge is 2.44. The SMILES string of the molecule is N#CC1(C(N)c2coc3ccccc23)CCC1. The normalized spacial score (nSPS) is 19.5. The van der Waals surface area contributed by atoms with E-state index in [1.54, 1.807) is 6.26 Å². The van der Waals surface area contributed by atoms with Gasteiger partial charge in [-0.3, -0.25) is 0 Å². The minimum Gasteiger partial charge on any atom is -0.464 e. The van der Waals surface area contributed by atoms with Crippen molar-refractivity contribution in [1.29, 1.82) is 5.26 Å². The standard InChI is InChI=1S/C14H14N2O/c15-9-14(6-3-7-14)13(16)11-8-17-12-5-2-1-4-10(11)12/h1-2,4-5,8,13H,3,6-7,16H2. The van der Waals surface area contributed by atoms with Gasteiger partial charge in [0.1, 0.15) is 5.58 Å². The van der Waals surface area contributed by atoms with Gasteiger partial charge in [-0.1, -0.05) is 24.6 Å². The number of hydrogen-bond donors (Lipinski definition) is 1. The van der Waals surface area contributed by atoms with Crippen LogP contribution in [0.4, 0.5) is 0 Å². The third-order valence-corrected chi connectivity index (χ3v) is 3.91. The topological polar surface area (TPSA) is 63.0 Å². The highest BCUT2D eigenvalue weighted by atomic mass is 16.3. The average Bonchev–Trinajstić information content (AvgIpc) is 2.71. The number of furan rings is 1. The Kier molecular flexibility index (Phi) is 2.20. The Morgan fingerprint density at radius 1 is 1.35 bits per heavy atom. The number of hydrogen-bond acceptors (Lipinski definition) is 3. The van der Waals surface area contributed by atoms with Crippen LogP contribution in [0.1, 0.15) is 30.9 Å². The summed E-state index contributed by atoms with van der Waals surface area (Å²) in [6, 6.07) is 9.98. The lowest BCUT2D eigenvalue weighted by molar-refractivity contribution is 0.169. The molecule has 3 nitrogen and oxygen atoms in total. The van der Waals surface area contributed by atoms with Crippen LogP contribution in [-0.2, 0) is 0 Å². The number of para-hydroxylation sites is 1. The number of benzene rings is 1. The lowest BCUT2D eigenvalue weighted by Gasteiger charge is -2.39. The molecular weight excluding hydrogens is 212 g/mol. The molecular formula is C14H14N2O. The van der Waals surface area contributed by atoms with Crippen molar-refractivity contribution in [3.05, 3.63) is 36.1 Å². The Labute approximate surface area is 99.8 Å². The van der Waals surface area contributed by atoms with Crippen LogP contribution in [0.3, 0.4) is 0 Å². The molecule has 0 saturated heterocycles. The highest BCUT2D eigenvalue weighted by molar-refractivity contribution is 5.81. The van der Waals surface area contributed by atoms with E-state index in [0.29, 0.717) is 0 Å². The summed E-state index contributed by atoms with van der Waals surface area (Å²) in [5.74, 6) is 0. The van der Waals surface area contributed by atoms with Crippen molar-refractivity contribution in [2.75, 3.05) is 0 Å². The summed E-state index contributed by atoms with van der Waals surface area (Å²) in [4.78, 5) is 0. The van der Waals surface area contributed by atoms with Crippen LogP contribution in [0.15, 0.2) is 34.9 Å². The Hall–Kier alpha value is -1.79. The maximum atomic E-state index is 9.32. The predicted molar refractivity (Wildman–Crippen MR) is 65.0 cm³/mol. The van der Waals surface area contributed by atoms with Gasteiger partial charge in [0.05, 0.1) is 23.8 Å². The van der Waals surface area contributed by atoms with Crippen molar-refractivity contribution < 1.29 is 4.42 Å². The molecule has 3 rings (SSSR count). The maximum Gasteiger partial charge on any atom is 0.134 e. The van der Waals surface area contributed by atoms with Crippen LogP contribution in [0.25, 0.3) is 11.0 Å². The van der Waals surface area contributed by atoms with E-state index in [0.717, 1.165) is 35.8 Å². The fourth-order valence-electron chi connectivity index (χ4n) is 2.59. The summed E-state index contributed by atoms with van der Waals surface area (Å²) in [5, 5.41) is 10.3. The average molecular weight is 226 g/mol. The van der Waals surface area contributed by atoms with Crippen molar-refractivity contribution >= 4 is 11.0 Å². The fraction of sp³-hybridized carbons (Fsp3) is 0.357. The third-order valence-electron chi connectivity index (χ3n) is 3.91. The summed E-state index contributed by atoms with van der Waals surface area (Å²) in [6.07, 6.45) is 4.58. The Bertz CT molecular complexity index is 590. The Balaban J connectivity index is 2.07. The molecule has 1 fully saturated rings. The minimum absolute atomic E-state index is 0.245. The first-order valence-electron chi connectivity index (χ1n) is 5.90. The molecule has 1 saturated carbocycles. The van der Waals surface area contributed by atoms with Gasteiger partial charge in [-0.15, -0.1) is 0 Å². The molecule has 0 aliphatic heterocycles. The number of nitriles is 1. The summed E-state index contributed by atoms with van der Waals surface area (Å²) < 4.78 is 5.49. The number of rotatable bonds is 2. The summed E-state index contributed by atoms with van der Waals surface area (Å²) in [7, 11) is 0. The molecule has 1 aromatic carbocycles. The first kappa shape index (κ1) is 10.4. The zero-order chi connectivity index (χ0) is 11.9. The molecule has 86 valence electrons. The van der Waals surface area contributed by atoms with Crippen molar-refractivity contribution in [1.82, 2.24) is 0 Å². The van der Waals surface area contributed by atoms with Gasteiger partial charge in [0.2, 0.25) is 0 Å². The smallest absolute Gasteiger partial charge is 0.134 e. The molecule has 17 heavy (non-hydrogen) atoms. The van der Waals surface area contributed by atoms with E-state index in [4.69, 9.17) is 10.2 Å². The van der Waals surface area contributed by atoms with Crippen molar-refractivity contribution in [2.24, 2.45) is 11.1 Å². The quantitative estimate of drug-likeness (QED) is 0.855. The van der Waals surface area contributed by atoms with Crippen molar-refractivity contribution in [3.63, 3.8) is 0 Å². The van der Waals surface area contributed by atoms with Gasteiger partial charge >= 0.3 is 0 Å². The van der Waals surface area contributed by atoms with E-state index in [1.807, 2.05) is 24.3 Å². The number of nitrogens with zero attached hydrogens (tertiary/aromatic N) is 1. The van der Waals surface area contributed by atoms with Gasteiger partial charge in [-0.25, -0.2) is 0 Å². The second-order valence-corrected chi connectivity index (χ2v) is 4.79. The van der Waals surface area contributed by atoms with E-state index < -0.39 is 0 Å². The van der Waals surface area contributed by atoms with E-state index in [1.165, 1.54) is 0 Å². The van der Waals surface area contributed by atoms with E-state index >= 15 is 0 Å². The van der Waals surface area contributed by atoms with Crippen LogP contribution in [-0.4, -0.2) is 0 Å². The fourth-order valence-corrected chi connectivity index (χ4v) is 2.59. The van der Waals surface area contributed by atoms with Crippen LogP contribution in [0, 0.1) is 16.7 Å². The monoisotopic (exact) mass is 226 g/mol. The van der Waals surface area contributed by atoms with Crippen LogP contribution in [0.5, 0.6) is 0 Å². The second kappa shape index (κ2) is 3.61. The zero-order valence-corrected chi connectivity index (χ0v) is 9.52. The zero-order valence-electron chi connectivity index (χ0n) is 9.52. The van der Waals surface area contributed by atoms with Crippen LogP contribution in [0.2, 0.25) is 0 Å². The second-order valence-electron chi connectivity index (χ2n) is 4.79. The van der Waals surface area contributed by atoms with Crippen molar-refractivity contribution in [3.8, 4) is 6.07 Å². The molecule has 0 spiro atoms. The summed E-state index contributed by atoms with van der Waals surface area (Å²) >= 11 is 0. The van der Waals surface area contributed by atoms with Gasteiger partial charge in [-0.05, 0) is 18.9 Å². The maximum absolute atomic E-state index is 9.32. The van der Waals surface area contributed by atoms with Gasteiger partial charge in [-0.2, -0.15) is 5.26 Å². The molecule has 1 aliphatic rings. The van der Waals surface area contributed by atoms with Gasteiger partial charge in [0.15, 0.2) is 0 Å². The number of fused-ring (bicyclic) bond motifs is 1. The van der Waals surface area contributed by atoms with Crippen LogP contribution < -0.4 is 5.73 Å². The van der Waals surface area contributed by atoms with Gasteiger partial charge < -0.3 is 10.2 Å². The molecule has 0 radical (unpaired) electrons. The van der Waals surface area contributed by atoms with E-state index in [-0.39, 0.29) is 11.5 Å².